The van der Waals surface area contributed by atoms with Gasteiger partial charge in [-0.2, -0.15) is 0 Å². The van der Waals surface area contributed by atoms with E-state index in [2.05, 4.69) is 16.9 Å². The summed E-state index contributed by atoms with van der Waals surface area (Å²) >= 11 is 0. The number of hydrogen-bond donors (Lipinski definition) is 1. The Morgan fingerprint density at radius 2 is 2.11 bits per heavy atom. The standard InChI is InChI=1S/C17H30N2/c1-2-3-7-16(10-11-17-18-12-13-19-17)14-15-8-5-4-6-9-15/h12-13,15-16H,2-11,14H2,1H3,(H,18,19). The Hall–Kier alpha value is -0.790. The summed E-state index contributed by atoms with van der Waals surface area (Å²) < 4.78 is 0. The Balaban J connectivity index is 1.76. The van der Waals surface area contributed by atoms with E-state index < -0.39 is 0 Å². The van der Waals surface area contributed by atoms with Crippen LogP contribution in [0.4, 0.5) is 0 Å². The molecule has 1 saturated carbocycles. The molecule has 0 aliphatic heterocycles. The quantitative estimate of drug-likeness (QED) is 0.692. The maximum Gasteiger partial charge on any atom is 0.106 e. The second-order valence-electron chi connectivity index (χ2n) is 6.32. The summed E-state index contributed by atoms with van der Waals surface area (Å²) in [5, 5.41) is 0. The van der Waals surface area contributed by atoms with Gasteiger partial charge in [0.25, 0.3) is 0 Å². The summed E-state index contributed by atoms with van der Waals surface area (Å²) in [6.45, 7) is 2.31. The first-order valence-electron chi connectivity index (χ1n) is 8.36. The van der Waals surface area contributed by atoms with E-state index in [0.29, 0.717) is 0 Å². The van der Waals surface area contributed by atoms with Gasteiger partial charge in [0.1, 0.15) is 5.82 Å². The number of aromatic amines is 1. The van der Waals surface area contributed by atoms with Gasteiger partial charge in [-0.15, -0.1) is 0 Å². The molecule has 1 aromatic heterocycles. The number of rotatable bonds is 8. The third kappa shape index (κ3) is 5.38. The molecular formula is C17H30N2. The predicted octanol–water partition coefficient (Wildman–Crippen LogP) is 5.12. The van der Waals surface area contributed by atoms with Crippen LogP contribution >= 0.6 is 0 Å². The van der Waals surface area contributed by atoms with E-state index in [9.17, 15) is 0 Å². The van der Waals surface area contributed by atoms with Crippen LogP contribution < -0.4 is 0 Å². The number of H-pyrrole nitrogens is 1. The minimum Gasteiger partial charge on any atom is -0.349 e. The van der Waals surface area contributed by atoms with Crippen LogP contribution in [0.5, 0.6) is 0 Å². The van der Waals surface area contributed by atoms with Crippen LogP contribution in [0.25, 0.3) is 0 Å². The van der Waals surface area contributed by atoms with Gasteiger partial charge in [0.05, 0.1) is 0 Å². The van der Waals surface area contributed by atoms with Crippen molar-refractivity contribution < 1.29 is 0 Å². The highest BCUT2D eigenvalue weighted by atomic mass is 14.9. The average molecular weight is 262 g/mol. The van der Waals surface area contributed by atoms with Gasteiger partial charge in [-0.05, 0) is 24.7 Å². The van der Waals surface area contributed by atoms with Crippen LogP contribution in [0, 0.1) is 11.8 Å². The third-order valence-corrected chi connectivity index (χ3v) is 4.70. The molecule has 2 rings (SSSR count). The van der Waals surface area contributed by atoms with Crippen LogP contribution in [0.15, 0.2) is 12.4 Å². The number of aryl methyl sites for hydroxylation is 1. The molecule has 1 aliphatic carbocycles. The van der Waals surface area contributed by atoms with Gasteiger partial charge in [-0.1, -0.05) is 58.3 Å². The zero-order valence-electron chi connectivity index (χ0n) is 12.5. The first-order valence-corrected chi connectivity index (χ1v) is 8.36. The van der Waals surface area contributed by atoms with Gasteiger partial charge in [-0.25, -0.2) is 4.98 Å². The van der Waals surface area contributed by atoms with Crippen LogP contribution in [0.3, 0.4) is 0 Å². The molecule has 1 atom stereocenters. The lowest BCUT2D eigenvalue weighted by Gasteiger charge is -2.26. The molecular weight excluding hydrogens is 232 g/mol. The number of imidazole rings is 1. The molecule has 0 spiro atoms. The summed E-state index contributed by atoms with van der Waals surface area (Å²) in [6.07, 6.45) is 19.3. The van der Waals surface area contributed by atoms with Gasteiger partial charge in [0.15, 0.2) is 0 Å². The van der Waals surface area contributed by atoms with Crippen molar-refractivity contribution in [1.29, 1.82) is 0 Å². The van der Waals surface area contributed by atoms with E-state index in [4.69, 9.17) is 0 Å². The highest BCUT2D eigenvalue weighted by Crippen LogP contribution is 2.32. The summed E-state index contributed by atoms with van der Waals surface area (Å²) in [7, 11) is 0. The Morgan fingerprint density at radius 3 is 2.79 bits per heavy atom. The molecule has 0 bridgehead atoms. The van der Waals surface area contributed by atoms with E-state index in [1.807, 2.05) is 12.4 Å². The molecule has 1 aliphatic rings. The van der Waals surface area contributed by atoms with E-state index in [1.54, 1.807) is 0 Å². The Labute approximate surface area is 118 Å². The monoisotopic (exact) mass is 262 g/mol. The van der Waals surface area contributed by atoms with E-state index in [1.165, 1.54) is 70.0 Å². The van der Waals surface area contributed by atoms with Crippen molar-refractivity contribution in [3.63, 3.8) is 0 Å². The first kappa shape index (κ1) is 14.6. The smallest absolute Gasteiger partial charge is 0.106 e. The summed E-state index contributed by atoms with van der Waals surface area (Å²) in [5.74, 6) is 3.12. The normalized spacial score (nSPS) is 18.6. The number of hydrogen-bond acceptors (Lipinski definition) is 1. The number of nitrogens with zero attached hydrogens (tertiary/aromatic N) is 1. The van der Waals surface area contributed by atoms with E-state index in [-0.39, 0.29) is 0 Å². The number of aromatic nitrogens is 2. The maximum atomic E-state index is 4.36. The Morgan fingerprint density at radius 1 is 1.26 bits per heavy atom. The summed E-state index contributed by atoms with van der Waals surface area (Å²) in [5.41, 5.74) is 0. The van der Waals surface area contributed by atoms with Gasteiger partial charge in [0, 0.05) is 18.8 Å². The zero-order valence-corrected chi connectivity index (χ0v) is 12.5. The topological polar surface area (TPSA) is 28.7 Å². The Kier molecular flexibility index (Phi) is 6.46. The fourth-order valence-electron chi connectivity index (χ4n) is 3.54. The fraction of sp³-hybridized carbons (Fsp3) is 0.824. The second kappa shape index (κ2) is 8.39. The molecule has 1 heterocycles. The highest BCUT2D eigenvalue weighted by molar-refractivity contribution is 4.87. The molecule has 0 radical (unpaired) electrons. The minimum absolute atomic E-state index is 0.924. The van der Waals surface area contributed by atoms with Gasteiger partial charge in [0.2, 0.25) is 0 Å². The lowest BCUT2D eigenvalue weighted by molar-refractivity contribution is 0.266. The molecule has 0 aromatic carbocycles. The summed E-state index contributed by atoms with van der Waals surface area (Å²) in [6, 6.07) is 0. The maximum absolute atomic E-state index is 4.36. The lowest BCUT2D eigenvalue weighted by Crippen LogP contribution is -2.13. The zero-order chi connectivity index (χ0) is 13.3. The number of nitrogens with one attached hydrogen (secondary N) is 1. The molecule has 1 unspecified atom stereocenters. The Bertz CT molecular complexity index is 312. The van der Waals surface area contributed by atoms with Gasteiger partial charge in [-0.3, -0.25) is 0 Å². The molecule has 1 N–H and O–H groups in total. The summed E-state index contributed by atoms with van der Waals surface area (Å²) in [4.78, 5) is 7.60. The minimum atomic E-state index is 0.924. The third-order valence-electron chi connectivity index (χ3n) is 4.70. The van der Waals surface area contributed by atoms with Crippen molar-refractivity contribution in [2.45, 2.75) is 77.6 Å². The highest BCUT2D eigenvalue weighted by Gasteiger charge is 2.19. The number of unbranched alkanes of at least 4 members (excludes halogenated alkanes) is 1. The molecule has 19 heavy (non-hydrogen) atoms. The SMILES string of the molecule is CCCCC(CCc1ncc[nH]1)CC1CCCCC1. The molecule has 1 fully saturated rings. The average Bonchev–Trinajstić information content (AvgIpc) is 2.96. The van der Waals surface area contributed by atoms with Crippen molar-refractivity contribution in [2.75, 3.05) is 0 Å². The molecule has 0 saturated heterocycles. The molecule has 0 amide bonds. The molecule has 108 valence electrons. The van der Waals surface area contributed by atoms with Crippen molar-refractivity contribution in [2.24, 2.45) is 11.8 Å². The predicted molar refractivity (Wildman–Crippen MR) is 81.1 cm³/mol. The first-order chi connectivity index (χ1) is 9.38. The van der Waals surface area contributed by atoms with Crippen LogP contribution in [-0.2, 0) is 6.42 Å². The van der Waals surface area contributed by atoms with Crippen molar-refractivity contribution in [3.8, 4) is 0 Å². The fourth-order valence-corrected chi connectivity index (χ4v) is 3.54. The second-order valence-corrected chi connectivity index (χ2v) is 6.32. The van der Waals surface area contributed by atoms with Crippen LogP contribution in [0.1, 0.15) is 77.0 Å². The molecule has 1 aromatic rings. The van der Waals surface area contributed by atoms with Crippen molar-refractivity contribution >= 4 is 0 Å². The largest absolute Gasteiger partial charge is 0.349 e. The lowest BCUT2D eigenvalue weighted by atomic mass is 9.80. The van der Waals surface area contributed by atoms with E-state index >= 15 is 0 Å². The molecule has 2 heteroatoms. The van der Waals surface area contributed by atoms with Gasteiger partial charge < -0.3 is 4.98 Å². The van der Waals surface area contributed by atoms with Crippen LogP contribution in [0.2, 0.25) is 0 Å². The van der Waals surface area contributed by atoms with Crippen molar-refractivity contribution in [3.05, 3.63) is 18.2 Å². The van der Waals surface area contributed by atoms with Gasteiger partial charge >= 0.3 is 0 Å². The molecule has 2 nitrogen and oxygen atoms in total. The van der Waals surface area contributed by atoms with E-state index in [0.717, 1.165) is 18.3 Å². The van der Waals surface area contributed by atoms with Crippen molar-refractivity contribution in [1.82, 2.24) is 9.97 Å². The van der Waals surface area contributed by atoms with Crippen LogP contribution in [-0.4, -0.2) is 9.97 Å².